The molecular formula is C11H14Cl3N. The van der Waals surface area contributed by atoms with Crippen LogP contribution in [0.5, 0.6) is 0 Å². The fraction of sp³-hybridized carbons (Fsp3) is 0.273. The number of nitrogens with two attached hydrogens (primary N) is 1. The van der Waals surface area contributed by atoms with Crippen LogP contribution < -0.4 is 5.73 Å². The molecule has 84 valence electrons. The van der Waals surface area contributed by atoms with E-state index in [0.717, 1.165) is 17.6 Å². The minimum absolute atomic E-state index is 0. The summed E-state index contributed by atoms with van der Waals surface area (Å²) < 4.78 is 0. The molecule has 1 aromatic rings. The highest BCUT2D eigenvalue weighted by atomic mass is 35.5. The Bertz CT molecular complexity index is 329. The van der Waals surface area contributed by atoms with Crippen molar-refractivity contribution in [3.8, 4) is 0 Å². The molecule has 0 aliphatic heterocycles. The van der Waals surface area contributed by atoms with Crippen LogP contribution in [0.2, 0.25) is 10.0 Å². The molecule has 0 aliphatic carbocycles. The molecule has 0 bridgehead atoms. The van der Waals surface area contributed by atoms with Crippen molar-refractivity contribution in [1.29, 1.82) is 0 Å². The maximum atomic E-state index is 5.96. The van der Waals surface area contributed by atoms with Gasteiger partial charge in [0.05, 0.1) is 0 Å². The zero-order chi connectivity index (χ0) is 10.7. The van der Waals surface area contributed by atoms with E-state index in [1.54, 1.807) is 6.07 Å². The van der Waals surface area contributed by atoms with Crippen LogP contribution in [0.25, 0.3) is 0 Å². The predicted molar refractivity (Wildman–Crippen MR) is 70.1 cm³/mol. The van der Waals surface area contributed by atoms with Gasteiger partial charge in [-0.1, -0.05) is 28.8 Å². The summed E-state index contributed by atoms with van der Waals surface area (Å²) in [5.41, 5.74) is 7.95. The summed E-state index contributed by atoms with van der Waals surface area (Å²) >= 11 is 11.7. The molecule has 1 atom stereocenters. The molecule has 0 aromatic heterocycles. The molecule has 0 fully saturated rings. The highest BCUT2D eigenvalue weighted by molar-refractivity contribution is 6.34. The third-order valence-corrected chi connectivity index (χ3v) is 2.32. The van der Waals surface area contributed by atoms with Crippen LogP contribution >= 0.6 is 35.6 Å². The molecule has 0 aliphatic rings. The van der Waals surface area contributed by atoms with Gasteiger partial charge in [-0.3, -0.25) is 0 Å². The van der Waals surface area contributed by atoms with Crippen LogP contribution in [0, 0.1) is 0 Å². The zero-order valence-corrected chi connectivity index (χ0v) is 10.8. The largest absolute Gasteiger partial charge is 0.324 e. The molecule has 0 amide bonds. The molecule has 0 saturated heterocycles. The summed E-state index contributed by atoms with van der Waals surface area (Å²) in [4.78, 5) is 0. The summed E-state index contributed by atoms with van der Waals surface area (Å²) in [6, 6.07) is 5.28. The third-order valence-electron chi connectivity index (χ3n) is 1.88. The van der Waals surface area contributed by atoms with Crippen LogP contribution in [-0.2, 0) is 0 Å². The zero-order valence-electron chi connectivity index (χ0n) is 8.47. The van der Waals surface area contributed by atoms with Gasteiger partial charge in [-0.05, 0) is 37.1 Å². The van der Waals surface area contributed by atoms with Crippen molar-refractivity contribution in [2.24, 2.45) is 5.73 Å². The molecule has 0 heterocycles. The van der Waals surface area contributed by atoms with Gasteiger partial charge in [0.15, 0.2) is 0 Å². The first-order valence-corrected chi connectivity index (χ1v) is 5.10. The first-order chi connectivity index (χ1) is 6.49. The lowest BCUT2D eigenvalue weighted by Crippen LogP contribution is -2.10. The number of hydrogen-bond acceptors (Lipinski definition) is 1. The molecule has 1 nitrogen and oxygen atoms in total. The molecule has 4 heteroatoms. The lowest BCUT2D eigenvalue weighted by Gasteiger charge is -2.12. The molecule has 2 N–H and O–H groups in total. The Kier molecular flexibility index (Phi) is 6.30. The standard InChI is InChI=1S/C11H13Cl2N.ClH/c1-7(2)3-11(14)8-4-9(12)6-10(13)5-8;/h4-6,11H,1,3,14H2,2H3;1H/t11-;/m1./s1. The monoisotopic (exact) mass is 265 g/mol. The molecule has 0 spiro atoms. The van der Waals surface area contributed by atoms with Crippen molar-refractivity contribution < 1.29 is 0 Å². The fourth-order valence-electron chi connectivity index (χ4n) is 1.28. The van der Waals surface area contributed by atoms with Gasteiger partial charge in [-0.2, -0.15) is 0 Å². The fourth-order valence-corrected chi connectivity index (χ4v) is 1.83. The lowest BCUT2D eigenvalue weighted by atomic mass is 10.0. The van der Waals surface area contributed by atoms with E-state index < -0.39 is 0 Å². The molecule has 0 saturated carbocycles. The van der Waals surface area contributed by atoms with Crippen molar-refractivity contribution in [2.75, 3.05) is 0 Å². The number of halogens is 3. The Labute approximate surface area is 107 Å². The van der Waals surface area contributed by atoms with Crippen molar-refractivity contribution in [2.45, 2.75) is 19.4 Å². The molecule has 15 heavy (non-hydrogen) atoms. The van der Waals surface area contributed by atoms with Crippen LogP contribution in [-0.4, -0.2) is 0 Å². The second-order valence-corrected chi connectivity index (χ2v) is 4.34. The van der Waals surface area contributed by atoms with Gasteiger partial charge in [-0.15, -0.1) is 19.0 Å². The van der Waals surface area contributed by atoms with E-state index in [1.165, 1.54) is 0 Å². The minimum Gasteiger partial charge on any atom is -0.324 e. The Morgan fingerprint density at radius 1 is 1.33 bits per heavy atom. The molecule has 0 radical (unpaired) electrons. The summed E-state index contributed by atoms with van der Waals surface area (Å²) in [6.07, 6.45) is 0.747. The van der Waals surface area contributed by atoms with Crippen molar-refractivity contribution in [1.82, 2.24) is 0 Å². The number of rotatable bonds is 3. The summed E-state index contributed by atoms with van der Waals surface area (Å²) in [5.74, 6) is 0. The highest BCUT2D eigenvalue weighted by Gasteiger charge is 2.07. The minimum atomic E-state index is -0.0799. The van der Waals surface area contributed by atoms with E-state index in [9.17, 15) is 0 Å². The van der Waals surface area contributed by atoms with E-state index in [4.69, 9.17) is 28.9 Å². The van der Waals surface area contributed by atoms with Crippen molar-refractivity contribution in [3.05, 3.63) is 46.0 Å². The number of benzene rings is 1. The molecule has 1 rings (SSSR count). The summed E-state index contributed by atoms with van der Waals surface area (Å²) in [5, 5.41) is 1.23. The Balaban J connectivity index is 0.00000196. The maximum absolute atomic E-state index is 5.96. The quantitative estimate of drug-likeness (QED) is 0.807. The Morgan fingerprint density at radius 2 is 1.80 bits per heavy atom. The van der Waals surface area contributed by atoms with E-state index in [2.05, 4.69) is 6.58 Å². The first-order valence-electron chi connectivity index (χ1n) is 4.35. The van der Waals surface area contributed by atoms with Gasteiger partial charge in [0, 0.05) is 16.1 Å². The van der Waals surface area contributed by atoms with Crippen molar-refractivity contribution >= 4 is 35.6 Å². The Hall–Kier alpha value is -0.210. The predicted octanol–water partition coefficient (Wildman–Crippen LogP) is 4.38. The molecular weight excluding hydrogens is 252 g/mol. The van der Waals surface area contributed by atoms with E-state index in [-0.39, 0.29) is 18.4 Å². The van der Waals surface area contributed by atoms with Crippen LogP contribution in [0.4, 0.5) is 0 Å². The van der Waals surface area contributed by atoms with E-state index >= 15 is 0 Å². The third kappa shape index (κ3) is 4.89. The second-order valence-electron chi connectivity index (χ2n) is 3.47. The van der Waals surface area contributed by atoms with Gasteiger partial charge in [0.25, 0.3) is 0 Å². The van der Waals surface area contributed by atoms with Gasteiger partial charge in [0.2, 0.25) is 0 Å². The number of hydrogen-bond donors (Lipinski definition) is 1. The first kappa shape index (κ1) is 14.8. The normalized spacial score (nSPS) is 11.7. The highest BCUT2D eigenvalue weighted by Crippen LogP contribution is 2.25. The van der Waals surface area contributed by atoms with Crippen LogP contribution in [0.1, 0.15) is 24.9 Å². The van der Waals surface area contributed by atoms with Gasteiger partial charge >= 0.3 is 0 Å². The Morgan fingerprint density at radius 3 is 2.20 bits per heavy atom. The topological polar surface area (TPSA) is 26.0 Å². The summed E-state index contributed by atoms with van der Waals surface area (Å²) in [6.45, 7) is 5.77. The van der Waals surface area contributed by atoms with Gasteiger partial charge < -0.3 is 5.73 Å². The van der Waals surface area contributed by atoms with Crippen LogP contribution in [0.15, 0.2) is 30.4 Å². The second kappa shape index (κ2) is 6.39. The van der Waals surface area contributed by atoms with E-state index in [0.29, 0.717) is 10.0 Å². The average molecular weight is 267 g/mol. The molecule has 1 aromatic carbocycles. The van der Waals surface area contributed by atoms with Crippen LogP contribution in [0.3, 0.4) is 0 Å². The smallest absolute Gasteiger partial charge is 0.0424 e. The van der Waals surface area contributed by atoms with E-state index in [1.807, 2.05) is 19.1 Å². The lowest BCUT2D eigenvalue weighted by molar-refractivity contribution is 0.717. The average Bonchev–Trinajstić information content (AvgIpc) is 2.00. The van der Waals surface area contributed by atoms with Gasteiger partial charge in [0.1, 0.15) is 0 Å². The van der Waals surface area contributed by atoms with Crippen molar-refractivity contribution in [3.63, 3.8) is 0 Å². The maximum Gasteiger partial charge on any atom is 0.0424 e. The summed E-state index contributed by atoms with van der Waals surface area (Å²) in [7, 11) is 0. The van der Waals surface area contributed by atoms with Gasteiger partial charge in [-0.25, -0.2) is 0 Å². The molecule has 0 unspecified atom stereocenters. The SMILES string of the molecule is C=C(C)C[C@@H](N)c1cc(Cl)cc(Cl)c1.Cl.